The Morgan fingerprint density at radius 3 is 0.832 bits per heavy atom. The van der Waals surface area contributed by atoms with Crippen LogP contribution in [0.25, 0.3) is 0 Å². The van der Waals surface area contributed by atoms with Crippen LogP contribution in [0.15, 0.2) is 146 Å². The van der Waals surface area contributed by atoms with Gasteiger partial charge >= 0.3 is 33.6 Å². The molecule has 4 N–H and O–H groups in total. The van der Waals surface area contributed by atoms with Crippen LogP contribution in [0, 0.1) is 0 Å². The fraction of sp³-hybridized carbons (Fsp3) is 0.675. The minimum Gasteiger partial charge on any atom is -0.463 e. The summed E-state index contributed by atoms with van der Waals surface area (Å²) in [7, 11) is -9.81. The summed E-state index contributed by atoms with van der Waals surface area (Å²) < 4.78 is 61.2. The maximum atomic E-state index is 13.0. The highest BCUT2D eigenvalue weighted by atomic mass is 31.2. The van der Waals surface area contributed by atoms with Crippen LogP contribution in [0.4, 0.5) is 0 Å². The highest BCUT2D eigenvalue weighted by Gasteiger charge is 2.29. The van der Waals surface area contributed by atoms with Crippen molar-refractivity contribution in [1.29, 1.82) is 0 Å². The van der Waals surface area contributed by atoms with E-state index in [0.717, 1.165) is 193 Å². The van der Waals surface area contributed by atoms with E-state index in [1.54, 1.807) is 0 Å². The Morgan fingerprint density at radius 2 is 0.525 bits per heavy atom. The van der Waals surface area contributed by atoms with Crippen molar-refractivity contribution in [2.45, 2.75) is 322 Å². The molecule has 101 heavy (non-hydrogen) atoms. The van der Waals surface area contributed by atoms with E-state index in [1.165, 1.54) is 51.4 Å². The molecule has 16 nitrogen and oxygen atoms in total. The molecule has 0 aromatic heterocycles. The lowest BCUT2D eigenvalue weighted by atomic mass is 10.1. The number of allylic oxidation sites excluding steroid dienone is 24. The first kappa shape index (κ1) is 96.4. The van der Waals surface area contributed by atoms with E-state index in [0.29, 0.717) is 19.3 Å². The Bertz CT molecular complexity index is 2420. The molecule has 0 saturated heterocycles. The number of phosphoric acid groups is 2. The van der Waals surface area contributed by atoms with Crippen LogP contribution in [0.1, 0.15) is 303 Å². The summed E-state index contributed by atoms with van der Waals surface area (Å²) in [4.78, 5) is 58.7. The topological polar surface area (TPSA) is 231 Å². The molecule has 5 atom stereocenters. The fourth-order valence-electron chi connectivity index (χ4n) is 10.1. The minimum absolute atomic E-state index is 0.0808. The van der Waals surface area contributed by atoms with Crippen molar-refractivity contribution in [3.8, 4) is 0 Å². The van der Waals surface area contributed by atoms with Crippen molar-refractivity contribution >= 4 is 33.6 Å². The molecule has 0 bridgehead atoms. The number of aliphatic hydroxyl groups is 2. The van der Waals surface area contributed by atoms with Crippen LogP contribution in [-0.4, -0.2) is 95.9 Å². The number of ether oxygens (including phenoxy) is 3. The first-order valence-corrected chi connectivity index (χ1v) is 42.1. The molecule has 0 rings (SSSR count). The second kappa shape index (κ2) is 75.1. The number of unbranched alkanes of at least 4 members (excludes halogenated alkanes) is 26. The summed E-state index contributed by atoms with van der Waals surface area (Å²) in [5.41, 5.74) is 0. The van der Waals surface area contributed by atoms with Crippen molar-refractivity contribution in [2.75, 3.05) is 39.6 Å². The summed E-state index contributed by atoms with van der Waals surface area (Å²) in [6, 6.07) is 0. The van der Waals surface area contributed by atoms with Crippen molar-refractivity contribution in [3.63, 3.8) is 0 Å². The van der Waals surface area contributed by atoms with E-state index < -0.39 is 91.5 Å². The van der Waals surface area contributed by atoms with Gasteiger partial charge in [-0.15, -0.1) is 0 Å². The van der Waals surface area contributed by atoms with Gasteiger partial charge in [-0.25, -0.2) is 9.13 Å². The Morgan fingerprint density at radius 1 is 0.287 bits per heavy atom. The van der Waals surface area contributed by atoms with E-state index in [9.17, 15) is 43.5 Å². The molecule has 0 radical (unpaired) electrons. The standard InChI is InChI=1S/C83H140O16P2/c1-4-7-10-13-16-19-22-25-28-31-34-36-38-40-43-45-48-51-54-57-60-63-66-69-81(86)93-72-78(84)73-95-100(89,90)96-74-79(85)75-97-101(91,92)98-77-80(99-83(88)71-68-65-62-59-56-53-50-47-42-33-30-27-24-21-18-15-12-9-6-3)76-94-82(87)70-67-64-61-58-55-52-49-46-44-41-39-37-35-32-29-26-23-20-17-14-11-8-5-2/h9,12,16-21,25-30,34-37,40-44,47,78-80,84-85H,4-8,10-11,13-15,22-24,31-33,38-39,45-46,48-77H2,1-3H3,(H,89,90)(H,91,92)/b12-9-,19-16-,20-17-,21-18-,28-25-,29-26-,30-27-,36-34-,37-35-,43-40-,44-41-,47-42-. The number of carbonyl (C=O) groups is 3. The number of carbonyl (C=O) groups excluding carboxylic acids is 3. The van der Waals surface area contributed by atoms with E-state index in [4.69, 9.17) is 32.3 Å². The van der Waals surface area contributed by atoms with Gasteiger partial charge in [-0.1, -0.05) is 282 Å². The summed E-state index contributed by atoms with van der Waals surface area (Å²) in [6.07, 6.45) is 91.6. The predicted octanol–water partition coefficient (Wildman–Crippen LogP) is 22.9. The monoisotopic (exact) mass is 1450 g/mol. The van der Waals surface area contributed by atoms with Gasteiger partial charge < -0.3 is 34.2 Å². The Hall–Kier alpha value is -4.57. The molecule has 0 aliphatic heterocycles. The number of hydrogen-bond donors (Lipinski definition) is 4. The van der Waals surface area contributed by atoms with E-state index in [-0.39, 0.29) is 19.3 Å². The molecule has 0 heterocycles. The molecule has 0 amide bonds. The van der Waals surface area contributed by atoms with Crippen LogP contribution in [0.3, 0.4) is 0 Å². The molecule has 0 fully saturated rings. The fourth-order valence-corrected chi connectivity index (χ4v) is 11.6. The van der Waals surface area contributed by atoms with Crippen molar-refractivity contribution in [2.24, 2.45) is 0 Å². The number of aliphatic hydroxyl groups excluding tert-OH is 2. The molecule has 0 aromatic rings. The maximum Gasteiger partial charge on any atom is 0.472 e. The smallest absolute Gasteiger partial charge is 0.463 e. The summed E-state index contributed by atoms with van der Waals surface area (Å²) in [5.74, 6) is -1.62. The van der Waals surface area contributed by atoms with Gasteiger partial charge in [0.1, 0.15) is 25.4 Å². The Labute approximate surface area is 613 Å². The van der Waals surface area contributed by atoms with Gasteiger partial charge in [-0.05, 0) is 148 Å². The Balaban J connectivity index is 4.72. The van der Waals surface area contributed by atoms with Crippen molar-refractivity contribution in [1.82, 2.24) is 0 Å². The van der Waals surface area contributed by atoms with Gasteiger partial charge in [0.25, 0.3) is 0 Å². The van der Waals surface area contributed by atoms with Crippen LogP contribution in [-0.2, 0) is 55.8 Å². The van der Waals surface area contributed by atoms with Gasteiger partial charge in [0.2, 0.25) is 0 Å². The molecule has 18 heteroatoms. The van der Waals surface area contributed by atoms with Gasteiger partial charge in [0.15, 0.2) is 6.10 Å². The van der Waals surface area contributed by atoms with E-state index in [2.05, 4.69) is 167 Å². The maximum absolute atomic E-state index is 13.0. The summed E-state index contributed by atoms with van der Waals surface area (Å²) in [5, 5.41) is 20.6. The lowest BCUT2D eigenvalue weighted by Crippen LogP contribution is -2.30. The minimum atomic E-state index is -4.95. The summed E-state index contributed by atoms with van der Waals surface area (Å²) in [6.45, 7) is 2.47. The molecule has 578 valence electrons. The lowest BCUT2D eigenvalue weighted by molar-refractivity contribution is -0.161. The van der Waals surface area contributed by atoms with Crippen molar-refractivity contribution < 1.29 is 75.8 Å². The third kappa shape index (κ3) is 76.4. The van der Waals surface area contributed by atoms with Gasteiger partial charge in [0, 0.05) is 19.3 Å². The zero-order valence-electron chi connectivity index (χ0n) is 63.0. The molecule has 0 spiro atoms. The number of esters is 3. The van der Waals surface area contributed by atoms with Crippen LogP contribution in [0.5, 0.6) is 0 Å². The third-order valence-electron chi connectivity index (χ3n) is 16.0. The zero-order valence-corrected chi connectivity index (χ0v) is 64.8. The normalized spacial score (nSPS) is 14.8. The van der Waals surface area contributed by atoms with Gasteiger partial charge in [0.05, 0.1) is 26.4 Å². The van der Waals surface area contributed by atoms with Crippen LogP contribution < -0.4 is 0 Å². The molecule has 5 unspecified atom stereocenters. The lowest BCUT2D eigenvalue weighted by Gasteiger charge is -2.21. The quantitative estimate of drug-likeness (QED) is 0.0146. The number of rotatable bonds is 73. The SMILES string of the molecule is CC/C=C\C/C=C\C/C=C\C/C=C\CCCCCCCCC(=O)OC(COC(=O)CCCCCCCCC/C=C\C/C=C\C/C=C\C/C=C\CCCCC)COP(=O)(O)OCC(O)COP(=O)(O)OCC(O)COC(=O)CCCCCCCCC/C=C\C/C=C\C/C=C\C/C=C\CCCCC. The molecule has 0 aromatic carbocycles. The van der Waals surface area contributed by atoms with E-state index in [1.807, 2.05) is 0 Å². The predicted molar refractivity (Wildman–Crippen MR) is 417 cm³/mol. The average molecular weight is 1460 g/mol. The van der Waals surface area contributed by atoms with E-state index >= 15 is 0 Å². The second-order valence-corrected chi connectivity index (χ2v) is 28.7. The first-order chi connectivity index (χ1) is 49.2. The van der Waals surface area contributed by atoms with Crippen molar-refractivity contribution in [3.05, 3.63) is 146 Å². The molecule has 0 aliphatic carbocycles. The molecular formula is C83H140O16P2. The first-order valence-electron chi connectivity index (χ1n) is 39.1. The molecular weight excluding hydrogens is 1310 g/mol. The Kier molecular flexibility index (Phi) is 71.7. The number of phosphoric ester groups is 2. The molecule has 0 saturated carbocycles. The highest BCUT2D eigenvalue weighted by Crippen LogP contribution is 2.45. The average Bonchev–Trinajstić information content (AvgIpc) is 0.941. The largest absolute Gasteiger partial charge is 0.472 e. The second-order valence-electron chi connectivity index (χ2n) is 25.8. The van der Waals surface area contributed by atoms with Crippen LogP contribution >= 0.6 is 15.6 Å². The van der Waals surface area contributed by atoms with Crippen LogP contribution in [0.2, 0.25) is 0 Å². The summed E-state index contributed by atoms with van der Waals surface area (Å²) >= 11 is 0. The number of hydrogen-bond acceptors (Lipinski definition) is 14. The zero-order chi connectivity index (χ0) is 73.7. The highest BCUT2D eigenvalue weighted by molar-refractivity contribution is 7.47. The third-order valence-corrected chi connectivity index (χ3v) is 17.9. The van der Waals surface area contributed by atoms with Gasteiger partial charge in [-0.2, -0.15) is 0 Å². The molecule has 0 aliphatic rings. The van der Waals surface area contributed by atoms with Gasteiger partial charge in [-0.3, -0.25) is 32.5 Å².